The van der Waals surface area contributed by atoms with Crippen LogP contribution in [0.1, 0.15) is 19.4 Å². The maximum absolute atomic E-state index is 12.6. The lowest BCUT2D eigenvalue weighted by Crippen LogP contribution is -2.39. The molecule has 1 amide bonds. The first-order valence-electron chi connectivity index (χ1n) is 9.78. The maximum Gasteiger partial charge on any atom is 0.283 e. The topological polar surface area (TPSA) is 84.6 Å². The summed E-state index contributed by atoms with van der Waals surface area (Å²) in [4.78, 5) is 21.1. The van der Waals surface area contributed by atoms with E-state index in [9.17, 15) is 4.79 Å². The van der Waals surface area contributed by atoms with Crippen LogP contribution in [0.2, 0.25) is 0 Å². The fraction of sp³-hybridized carbons (Fsp3) is 0.400. The van der Waals surface area contributed by atoms with Gasteiger partial charge in [-0.1, -0.05) is 12.1 Å². The van der Waals surface area contributed by atoms with Gasteiger partial charge in [0.15, 0.2) is 11.0 Å². The number of carbonyl (C=O) groups excluding carboxylic acids is 1. The molecule has 1 aromatic rings. The molecule has 0 unspecified atom stereocenters. The van der Waals surface area contributed by atoms with Crippen molar-refractivity contribution in [3.05, 3.63) is 35.4 Å². The highest BCUT2D eigenvalue weighted by Crippen LogP contribution is 2.30. The molecule has 3 heterocycles. The Hall–Kier alpha value is -2.65. The molecule has 9 heteroatoms. The molecule has 3 aliphatic heterocycles. The molecule has 152 valence electrons. The van der Waals surface area contributed by atoms with Crippen LogP contribution in [0.15, 0.2) is 39.9 Å². The van der Waals surface area contributed by atoms with Crippen molar-refractivity contribution < 1.29 is 9.53 Å². The number of ether oxygens (including phenoxy) is 1. The Morgan fingerprint density at radius 3 is 2.52 bits per heavy atom. The summed E-state index contributed by atoms with van der Waals surface area (Å²) in [6.07, 6.45) is 1.71. The molecule has 0 spiro atoms. The SMILES string of the molecule is CCN(CC)c1ccc(/C=C2/C(=N)N3N=C(N4CCOCC4)SC3=NC2=O)cc1. The lowest BCUT2D eigenvalue weighted by Gasteiger charge is -2.26. The first kappa shape index (κ1) is 19.7. The van der Waals surface area contributed by atoms with Crippen molar-refractivity contribution in [1.29, 1.82) is 5.41 Å². The molecule has 1 saturated heterocycles. The van der Waals surface area contributed by atoms with Gasteiger partial charge >= 0.3 is 0 Å². The Labute approximate surface area is 174 Å². The van der Waals surface area contributed by atoms with Crippen molar-refractivity contribution in [3.63, 3.8) is 0 Å². The molecule has 1 aromatic carbocycles. The zero-order chi connectivity index (χ0) is 20.4. The van der Waals surface area contributed by atoms with Gasteiger partial charge in [0.2, 0.25) is 5.17 Å². The van der Waals surface area contributed by atoms with Gasteiger partial charge in [0.1, 0.15) is 0 Å². The predicted octanol–water partition coefficient (Wildman–Crippen LogP) is 2.44. The standard InChI is InChI=1S/C20H24N6O2S/c1-3-24(4-2)15-7-5-14(6-8-15)13-16-17(21)26-19(22-18(16)27)29-20(23-26)25-9-11-28-12-10-25/h5-8,13,21H,3-4,9-12H2,1-2H3/b16-13-,21-17?. The van der Waals surface area contributed by atoms with Gasteiger partial charge in [0.05, 0.1) is 18.8 Å². The van der Waals surface area contributed by atoms with E-state index in [1.165, 1.54) is 16.8 Å². The summed E-state index contributed by atoms with van der Waals surface area (Å²) in [6.45, 7) is 8.91. The van der Waals surface area contributed by atoms with Crippen LogP contribution in [-0.4, -0.2) is 71.4 Å². The normalized spacial score (nSPS) is 20.7. The maximum atomic E-state index is 12.6. The summed E-state index contributed by atoms with van der Waals surface area (Å²) in [6, 6.07) is 7.99. The Kier molecular flexibility index (Phi) is 5.68. The lowest BCUT2D eigenvalue weighted by molar-refractivity contribution is -0.114. The number of hydrazone groups is 1. The summed E-state index contributed by atoms with van der Waals surface area (Å²) in [7, 11) is 0. The van der Waals surface area contributed by atoms with Crippen LogP contribution >= 0.6 is 11.8 Å². The highest BCUT2D eigenvalue weighted by atomic mass is 32.2. The minimum absolute atomic E-state index is 0.0589. The first-order valence-corrected chi connectivity index (χ1v) is 10.6. The molecule has 29 heavy (non-hydrogen) atoms. The third kappa shape index (κ3) is 3.92. The van der Waals surface area contributed by atoms with E-state index in [0.29, 0.717) is 18.4 Å². The Morgan fingerprint density at radius 1 is 1.17 bits per heavy atom. The largest absolute Gasteiger partial charge is 0.378 e. The number of hydrogen-bond donors (Lipinski definition) is 1. The van der Waals surface area contributed by atoms with Crippen molar-refractivity contribution in [1.82, 2.24) is 9.91 Å². The molecule has 4 rings (SSSR count). The number of carbonyl (C=O) groups is 1. The van der Waals surface area contributed by atoms with E-state index < -0.39 is 5.91 Å². The summed E-state index contributed by atoms with van der Waals surface area (Å²) >= 11 is 1.33. The van der Waals surface area contributed by atoms with Crippen molar-refractivity contribution in [2.24, 2.45) is 10.1 Å². The van der Waals surface area contributed by atoms with Gasteiger partial charge in [-0.25, -0.2) is 0 Å². The molecular formula is C20H24N6O2S. The second-order valence-electron chi connectivity index (χ2n) is 6.77. The van der Waals surface area contributed by atoms with Gasteiger partial charge in [-0.2, -0.15) is 10.0 Å². The van der Waals surface area contributed by atoms with Crippen LogP contribution in [0.4, 0.5) is 5.69 Å². The molecule has 1 N–H and O–H groups in total. The number of benzene rings is 1. The molecule has 0 aliphatic carbocycles. The highest BCUT2D eigenvalue weighted by molar-refractivity contribution is 8.26. The Bertz CT molecular complexity index is 898. The Morgan fingerprint density at radius 2 is 1.86 bits per heavy atom. The number of aliphatic imine (C=N–C) groups is 1. The van der Waals surface area contributed by atoms with Crippen LogP contribution in [0, 0.1) is 5.41 Å². The first-order chi connectivity index (χ1) is 14.1. The third-order valence-corrected chi connectivity index (χ3v) is 6.03. The second-order valence-corrected chi connectivity index (χ2v) is 7.70. The molecule has 3 aliphatic rings. The number of morpholine rings is 1. The van der Waals surface area contributed by atoms with Crippen LogP contribution in [0.3, 0.4) is 0 Å². The van der Waals surface area contributed by atoms with Crippen molar-refractivity contribution >= 4 is 45.6 Å². The lowest BCUT2D eigenvalue weighted by atomic mass is 10.1. The monoisotopic (exact) mass is 412 g/mol. The number of amidine groups is 3. The van der Waals surface area contributed by atoms with Gasteiger partial charge in [-0.15, -0.1) is 5.10 Å². The molecule has 8 nitrogen and oxygen atoms in total. The summed E-state index contributed by atoms with van der Waals surface area (Å²) in [5.74, 6) is -0.344. The molecule has 0 atom stereocenters. The number of amides is 1. The predicted molar refractivity (Wildman–Crippen MR) is 117 cm³/mol. The average Bonchev–Trinajstić information content (AvgIpc) is 3.18. The van der Waals surface area contributed by atoms with Crippen LogP contribution in [0.25, 0.3) is 6.08 Å². The molecule has 1 fully saturated rings. The molecule has 0 bridgehead atoms. The van der Waals surface area contributed by atoms with E-state index in [-0.39, 0.29) is 11.4 Å². The number of rotatable bonds is 4. The minimum Gasteiger partial charge on any atom is -0.378 e. The number of nitrogens with zero attached hydrogens (tertiary/aromatic N) is 5. The Balaban J connectivity index is 1.56. The smallest absolute Gasteiger partial charge is 0.283 e. The number of thioether (sulfide) groups is 1. The fourth-order valence-corrected chi connectivity index (χ4v) is 4.35. The average molecular weight is 413 g/mol. The quantitative estimate of drug-likeness (QED) is 0.765. The highest BCUT2D eigenvalue weighted by Gasteiger charge is 2.37. The number of hydrogen-bond acceptors (Lipinski definition) is 7. The molecule has 0 saturated carbocycles. The van der Waals surface area contributed by atoms with E-state index >= 15 is 0 Å². The number of nitrogens with one attached hydrogen (secondary N) is 1. The van der Waals surface area contributed by atoms with Gasteiger partial charge in [-0.3, -0.25) is 10.2 Å². The number of fused-ring (bicyclic) bond motifs is 1. The van der Waals surface area contributed by atoms with Crippen molar-refractivity contribution in [3.8, 4) is 0 Å². The van der Waals surface area contributed by atoms with Crippen LogP contribution < -0.4 is 4.90 Å². The van der Waals surface area contributed by atoms with E-state index in [1.807, 2.05) is 24.3 Å². The summed E-state index contributed by atoms with van der Waals surface area (Å²) < 4.78 is 5.38. The molecular weight excluding hydrogens is 388 g/mol. The summed E-state index contributed by atoms with van der Waals surface area (Å²) in [5, 5.41) is 15.7. The minimum atomic E-state index is -0.403. The van der Waals surface area contributed by atoms with Crippen LogP contribution in [0.5, 0.6) is 0 Å². The van der Waals surface area contributed by atoms with Crippen molar-refractivity contribution in [2.75, 3.05) is 44.3 Å². The van der Waals surface area contributed by atoms with Gasteiger partial charge in [0.25, 0.3) is 5.91 Å². The van der Waals surface area contributed by atoms with Crippen LogP contribution in [-0.2, 0) is 9.53 Å². The molecule has 0 radical (unpaired) electrons. The van der Waals surface area contributed by atoms with E-state index in [0.717, 1.165) is 42.6 Å². The van der Waals surface area contributed by atoms with Gasteiger partial charge in [0, 0.05) is 31.9 Å². The number of anilines is 1. The second kappa shape index (κ2) is 8.38. The zero-order valence-electron chi connectivity index (χ0n) is 16.6. The van der Waals surface area contributed by atoms with E-state index in [1.54, 1.807) is 6.08 Å². The van der Waals surface area contributed by atoms with Gasteiger partial charge < -0.3 is 14.5 Å². The van der Waals surface area contributed by atoms with Gasteiger partial charge in [-0.05, 0) is 49.4 Å². The fourth-order valence-electron chi connectivity index (χ4n) is 3.40. The third-order valence-electron chi connectivity index (χ3n) is 5.06. The summed E-state index contributed by atoms with van der Waals surface area (Å²) in [5.41, 5.74) is 2.24. The van der Waals surface area contributed by atoms with Crippen molar-refractivity contribution in [2.45, 2.75) is 13.8 Å². The van der Waals surface area contributed by atoms with E-state index in [2.05, 4.69) is 33.7 Å². The van der Waals surface area contributed by atoms with E-state index in [4.69, 9.17) is 10.1 Å². The zero-order valence-corrected chi connectivity index (χ0v) is 17.4. The molecule has 0 aromatic heterocycles.